The molecule has 0 saturated heterocycles. The van der Waals surface area contributed by atoms with Gasteiger partial charge in [0.15, 0.2) is 0 Å². The molecule has 0 amide bonds. The molecule has 17 heavy (non-hydrogen) atoms. The van der Waals surface area contributed by atoms with Crippen LogP contribution in [0.4, 0.5) is 4.39 Å². The zero-order valence-electron chi connectivity index (χ0n) is 8.65. The Morgan fingerprint density at radius 3 is 2.47 bits per heavy atom. The largest absolute Gasteiger partial charge is 0.456 e. The molecule has 2 aromatic rings. The summed E-state index contributed by atoms with van der Waals surface area (Å²) < 4.78 is 18.9. The van der Waals surface area contributed by atoms with Gasteiger partial charge in [-0.05, 0) is 52.3 Å². The van der Waals surface area contributed by atoms with Crippen molar-refractivity contribution in [2.24, 2.45) is 0 Å². The van der Waals surface area contributed by atoms with Crippen LogP contribution in [0, 0.1) is 17.1 Å². The summed E-state index contributed by atoms with van der Waals surface area (Å²) in [6.45, 7) is 0. The van der Waals surface area contributed by atoms with Crippen LogP contribution in [-0.4, -0.2) is 0 Å². The van der Waals surface area contributed by atoms with Crippen LogP contribution in [0.25, 0.3) is 0 Å². The van der Waals surface area contributed by atoms with Crippen LogP contribution in [0.5, 0.6) is 11.5 Å². The lowest BCUT2D eigenvalue weighted by molar-refractivity contribution is 0.478. The number of nitriles is 1. The van der Waals surface area contributed by atoms with Crippen molar-refractivity contribution in [3.63, 3.8) is 0 Å². The van der Waals surface area contributed by atoms with E-state index in [1.54, 1.807) is 18.2 Å². The number of rotatable bonds is 2. The average molecular weight is 292 g/mol. The summed E-state index contributed by atoms with van der Waals surface area (Å²) in [6, 6.07) is 12.9. The first-order valence-corrected chi connectivity index (χ1v) is 5.62. The number of benzene rings is 2. The Morgan fingerprint density at radius 2 is 1.82 bits per heavy atom. The van der Waals surface area contributed by atoms with Gasteiger partial charge in [-0.1, -0.05) is 6.07 Å². The van der Waals surface area contributed by atoms with E-state index in [-0.39, 0.29) is 5.82 Å². The van der Waals surface area contributed by atoms with Crippen molar-refractivity contribution >= 4 is 15.9 Å². The number of halogens is 2. The lowest BCUT2D eigenvalue weighted by Gasteiger charge is -2.07. The van der Waals surface area contributed by atoms with Crippen molar-refractivity contribution in [2.75, 3.05) is 0 Å². The third kappa shape index (κ3) is 2.63. The maximum atomic E-state index is 12.7. The summed E-state index contributed by atoms with van der Waals surface area (Å²) >= 11 is 3.27. The van der Waals surface area contributed by atoms with E-state index < -0.39 is 0 Å². The number of hydrogen-bond donors (Lipinski definition) is 0. The Kier molecular flexibility index (Phi) is 3.40. The van der Waals surface area contributed by atoms with Crippen LogP contribution in [0.15, 0.2) is 46.9 Å². The Hall–Kier alpha value is -1.86. The molecule has 0 atom stereocenters. The SMILES string of the molecule is N#Cc1c(Br)cccc1Oc1ccc(F)cc1. The summed E-state index contributed by atoms with van der Waals surface area (Å²) in [5.74, 6) is 0.599. The normalized spacial score (nSPS) is 9.71. The van der Waals surface area contributed by atoms with Gasteiger partial charge in [0.25, 0.3) is 0 Å². The lowest BCUT2D eigenvalue weighted by Crippen LogP contribution is -1.89. The van der Waals surface area contributed by atoms with Gasteiger partial charge in [-0.15, -0.1) is 0 Å². The van der Waals surface area contributed by atoms with Crippen LogP contribution in [0.3, 0.4) is 0 Å². The third-order valence-electron chi connectivity index (χ3n) is 2.13. The van der Waals surface area contributed by atoms with Crippen LogP contribution in [0.2, 0.25) is 0 Å². The zero-order valence-corrected chi connectivity index (χ0v) is 10.2. The Morgan fingerprint density at radius 1 is 1.12 bits per heavy atom. The van der Waals surface area contributed by atoms with E-state index in [4.69, 9.17) is 10.00 Å². The van der Waals surface area contributed by atoms with Gasteiger partial charge in [0.2, 0.25) is 0 Å². The molecule has 0 heterocycles. The quantitative estimate of drug-likeness (QED) is 0.828. The van der Waals surface area contributed by atoms with E-state index in [1.807, 2.05) is 6.07 Å². The number of hydrogen-bond acceptors (Lipinski definition) is 2. The monoisotopic (exact) mass is 291 g/mol. The Labute approximate surface area is 106 Å². The molecule has 4 heteroatoms. The summed E-state index contributed by atoms with van der Waals surface area (Å²) in [7, 11) is 0. The summed E-state index contributed by atoms with van der Waals surface area (Å²) in [5.41, 5.74) is 0.414. The maximum absolute atomic E-state index is 12.7. The number of nitrogens with zero attached hydrogens (tertiary/aromatic N) is 1. The minimum Gasteiger partial charge on any atom is -0.456 e. The minimum absolute atomic E-state index is 0.327. The standard InChI is InChI=1S/C13H7BrFNO/c14-12-2-1-3-13(11(12)8-16)17-10-6-4-9(15)5-7-10/h1-7H. The van der Waals surface area contributed by atoms with E-state index in [9.17, 15) is 4.39 Å². The van der Waals surface area contributed by atoms with Gasteiger partial charge in [0.1, 0.15) is 28.9 Å². The highest BCUT2D eigenvalue weighted by molar-refractivity contribution is 9.10. The first kappa shape index (κ1) is 11.6. The third-order valence-corrected chi connectivity index (χ3v) is 2.79. The molecule has 0 bridgehead atoms. The molecule has 2 rings (SSSR count). The molecule has 0 fully saturated rings. The molecule has 0 aliphatic carbocycles. The van der Waals surface area contributed by atoms with Gasteiger partial charge in [-0.2, -0.15) is 5.26 Å². The molecule has 0 aromatic heterocycles. The van der Waals surface area contributed by atoms with Gasteiger partial charge >= 0.3 is 0 Å². The summed E-state index contributed by atoms with van der Waals surface area (Å²) in [4.78, 5) is 0. The molecule has 0 aliphatic heterocycles. The summed E-state index contributed by atoms with van der Waals surface area (Å²) in [5, 5.41) is 9.00. The van der Waals surface area contributed by atoms with Crippen molar-refractivity contribution < 1.29 is 9.13 Å². The molecule has 2 nitrogen and oxygen atoms in total. The Bertz CT molecular complexity index is 575. The second-order valence-corrected chi connectivity index (χ2v) is 4.14. The van der Waals surface area contributed by atoms with Crippen LogP contribution in [-0.2, 0) is 0 Å². The van der Waals surface area contributed by atoms with E-state index in [0.29, 0.717) is 21.5 Å². The summed E-state index contributed by atoms with van der Waals surface area (Å²) in [6.07, 6.45) is 0. The van der Waals surface area contributed by atoms with E-state index in [1.165, 1.54) is 24.3 Å². The molecule has 2 aromatic carbocycles. The topological polar surface area (TPSA) is 33.0 Å². The van der Waals surface area contributed by atoms with Crippen molar-refractivity contribution in [3.8, 4) is 17.6 Å². The van der Waals surface area contributed by atoms with Crippen molar-refractivity contribution in [1.82, 2.24) is 0 Å². The van der Waals surface area contributed by atoms with Gasteiger partial charge in [-0.25, -0.2) is 4.39 Å². The van der Waals surface area contributed by atoms with Crippen molar-refractivity contribution in [3.05, 3.63) is 58.3 Å². The van der Waals surface area contributed by atoms with Crippen molar-refractivity contribution in [1.29, 1.82) is 5.26 Å². The smallest absolute Gasteiger partial charge is 0.146 e. The highest BCUT2D eigenvalue weighted by atomic mass is 79.9. The molecule has 0 spiro atoms. The van der Waals surface area contributed by atoms with E-state index in [2.05, 4.69) is 15.9 Å². The predicted molar refractivity (Wildman–Crippen MR) is 65.3 cm³/mol. The second kappa shape index (κ2) is 4.98. The fourth-order valence-electron chi connectivity index (χ4n) is 1.33. The molecular formula is C13H7BrFNO. The van der Waals surface area contributed by atoms with Gasteiger partial charge in [0.05, 0.1) is 0 Å². The fourth-order valence-corrected chi connectivity index (χ4v) is 1.76. The van der Waals surface area contributed by atoms with Crippen LogP contribution in [0.1, 0.15) is 5.56 Å². The second-order valence-electron chi connectivity index (χ2n) is 3.28. The zero-order chi connectivity index (χ0) is 12.3. The molecule has 0 unspecified atom stereocenters. The molecule has 0 N–H and O–H groups in total. The van der Waals surface area contributed by atoms with Crippen LogP contribution < -0.4 is 4.74 Å². The highest BCUT2D eigenvalue weighted by Gasteiger charge is 2.07. The molecule has 84 valence electrons. The lowest BCUT2D eigenvalue weighted by atomic mass is 10.2. The molecule has 0 saturated carbocycles. The molecule has 0 aliphatic rings. The van der Waals surface area contributed by atoms with Gasteiger partial charge in [-0.3, -0.25) is 0 Å². The fraction of sp³-hybridized carbons (Fsp3) is 0. The Balaban J connectivity index is 2.34. The van der Waals surface area contributed by atoms with E-state index in [0.717, 1.165) is 0 Å². The first-order valence-electron chi connectivity index (χ1n) is 4.83. The maximum Gasteiger partial charge on any atom is 0.146 e. The minimum atomic E-state index is -0.327. The molecular weight excluding hydrogens is 285 g/mol. The highest BCUT2D eigenvalue weighted by Crippen LogP contribution is 2.29. The van der Waals surface area contributed by atoms with Crippen LogP contribution >= 0.6 is 15.9 Å². The van der Waals surface area contributed by atoms with Crippen molar-refractivity contribution in [2.45, 2.75) is 0 Å². The predicted octanol–water partition coefficient (Wildman–Crippen LogP) is 4.25. The van der Waals surface area contributed by atoms with Gasteiger partial charge in [0, 0.05) is 4.47 Å². The molecule has 0 radical (unpaired) electrons. The van der Waals surface area contributed by atoms with E-state index >= 15 is 0 Å². The average Bonchev–Trinajstić information content (AvgIpc) is 2.32. The van der Waals surface area contributed by atoms with Gasteiger partial charge < -0.3 is 4.74 Å². The first-order chi connectivity index (χ1) is 8.20. The number of ether oxygens (including phenoxy) is 1.